The summed E-state index contributed by atoms with van der Waals surface area (Å²) in [5, 5.41) is 12.7. The van der Waals surface area contributed by atoms with E-state index in [1.807, 2.05) is 6.92 Å². The van der Waals surface area contributed by atoms with E-state index < -0.39 is 0 Å². The first-order valence-electron chi connectivity index (χ1n) is 8.57. The molecule has 0 aliphatic carbocycles. The Hall–Kier alpha value is -0.590. The van der Waals surface area contributed by atoms with Gasteiger partial charge in [-0.3, -0.25) is 5.32 Å². The third-order valence-electron chi connectivity index (χ3n) is 4.75. The molecular formula is C18H35N3. The molecule has 1 N–H and O–H groups in total. The zero-order valence-electron chi connectivity index (χ0n) is 15.0. The smallest absolute Gasteiger partial charge is 0.104 e. The third-order valence-corrected chi connectivity index (χ3v) is 4.75. The molecule has 0 aromatic carbocycles. The Bertz CT molecular complexity index is 350. The topological polar surface area (TPSA) is 39.1 Å². The molecule has 0 aromatic rings. The summed E-state index contributed by atoms with van der Waals surface area (Å²) in [6, 6.07) is 2.80. The van der Waals surface area contributed by atoms with Gasteiger partial charge in [0.15, 0.2) is 0 Å². The molecule has 0 spiro atoms. The molecular weight excluding hydrogens is 258 g/mol. The molecule has 2 atom stereocenters. The first kappa shape index (κ1) is 18.5. The van der Waals surface area contributed by atoms with Gasteiger partial charge in [-0.1, -0.05) is 20.8 Å². The Morgan fingerprint density at radius 2 is 1.90 bits per heavy atom. The Balaban J connectivity index is 2.25. The Kier molecular flexibility index (Phi) is 6.69. The molecule has 3 heteroatoms. The van der Waals surface area contributed by atoms with Crippen LogP contribution >= 0.6 is 0 Å². The van der Waals surface area contributed by atoms with Gasteiger partial charge in [0.1, 0.15) is 5.54 Å². The van der Waals surface area contributed by atoms with Crippen molar-refractivity contribution in [2.24, 2.45) is 11.3 Å². The third kappa shape index (κ3) is 6.36. The highest BCUT2D eigenvalue weighted by atomic mass is 15.1. The van der Waals surface area contributed by atoms with E-state index in [9.17, 15) is 5.26 Å². The normalized spacial score (nSPS) is 23.2. The monoisotopic (exact) mass is 293 g/mol. The van der Waals surface area contributed by atoms with Crippen LogP contribution in [0.1, 0.15) is 67.2 Å². The molecule has 1 fully saturated rings. The molecule has 122 valence electrons. The van der Waals surface area contributed by atoms with Gasteiger partial charge >= 0.3 is 0 Å². The van der Waals surface area contributed by atoms with E-state index in [2.05, 4.69) is 50.9 Å². The second kappa shape index (κ2) is 7.61. The summed E-state index contributed by atoms with van der Waals surface area (Å²) in [6.07, 6.45) is 4.61. The van der Waals surface area contributed by atoms with E-state index >= 15 is 0 Å². The van der Waals surface area contributed by atoms with Crippen molar-refractivity contribution in [1.82, 2.24) is 10.2 Å². The summed E-state index contributed by atoms with van der Waals surface area (Å²) in [4.78, 5) is 2.61. The lowest BCUT2D eigenvalue weighted by molar-refractivity contribution is 0.226. The molecule has 0 bridgehead atoms. The number of unbranched alkanes of at least 4 members (excludes halogenated alkanes) is 1. The molecule has 1 heterocycles. The van der Waals surface area contributed by atoms with E-state index in [0.29, 0.717) is 11.5 Å². The molecule has 21 heavy (non-hydrogen) atoms. The van der Waals surface area contributed by atoms with Gasteiger partial charge in [0, 0.05) is 12.6 Å². The Morgan fingerprint density at radius 1 is 1.24 bits per heavy atom. The lowest BCUT2D eigenvalue weighted by Crippen LogP contribution is -2.44. The van der Waals surface area contributed by atoms with E-state index in [0.717, 1.165) is 18.8 Å². The van der Waals surface area contributed by atoms with Crippen LogP contribution in [0, 0.1) is 22.7 Å². The molecule has 0 saturated carbocycles. The van der Waals surface area contributed by atoms with Crippen LogP contribution in [0.2, 0.25) is 0 Å². The van der Waals surface area contributed by atoms with E-state index in [-0.39, 0.29) is 5.54 Å². The summed E-state index contributed by atoms with van der Waals surface area (Å²) in [5.41, 5.74) is 0.0719. The van der Waals surface area contributed by atoms with Crippen molar-refractivity contribution in [3.63, 3.8) is 0 Å². The van der Waals surface area contributed by atoms with Crippen molar-refractivity contribution < 1.29 is 0 Å². The van der Waals surface area contributed by atoms with Crippen molar-refractivity contribution in [1.29, 1.82) is 5.26 Å². The summed E-state index contributed by atoms with van der Waals surface area (Å²) >= 11 is 0. The zero-order valence-corrected chi connectivity index (χ0v) is 15.0. The fourth-order valence-corrected chi connectivity index (χ4v) is 3.35. The van der Waals surface area contributed by atoms with Crippen LogP contribution in [0.25, 0.3) is 0 Å². The molecule has 1 aliphatic heterocycles. The minimum atomic E-state index is -0.368. The fraction of sp³-hybridized carbons (Fsp3) is 0.944. The summed E-state index contributed by atoms with van der Waals surface area (Å²) in [6.45, 7) is 17.0. The molecule has 1 aliphatic rings. The minimum absolute atomic E-state index is 0.362. The predicted molar refractivity (Wildman–Crippen MR) is 90.1 cm³/mol. The second-order valence-corrected chi connectivity index (χ2v) is 8.35. The SMILES string of the molecule is CC(C)NC(C)(C#N)CCCCN1CCC(C(C)(C)C)C1. The molecule has 0 amide bonds. The quantitative estimate of drug-likeness (QED) is 0.726. The van der Waals surface area contributed by atoms with Crippen LogP contribution in [0.4, 0.5) is 0 Å². The van der Waals surface area contributed by atoms with Crippen molar-refractivity contribution in [2.75, 3.05) is 19.6 Å². The second-order valence-electron chi connectivity index (χ2n) is 8.35. The van der Waals surface area contributed by atoms with E-state index in [1.54, 1.807) is 0 Å². The molecule has 1 rings (SSSR count). The summed E-state index contributed by atoms with van der Waals surface area (Å²) in [7, 11) is 0. The van der Waals surface area contributed by atoms with Crippen molar-refractivity contribution in [2.45, 2.75) is 78.8 Å². The average Bonchev–Trinajstić information content (AvgIpc) is 2.82. The highest BCUT2D eigenvalue weighted by Gasteiger charge is 2.31. The molecule has 3 nitrogen and oxygen atoms in total. The number of likely N-dealkylation sites (tertiary alicyclic amines) is 1. The largest absolute Gasteiger partial charge is 0.303 e. The van der Waals surface area contributed by atoms with Crippen molar-refractivity contribution >= 4 is 0 Å². The number of hydrogen-bond donors (Lipinski definition) is 1. The van der Waals surface area contributed by atoms with Gasteiger partial charge in [0.25, 0.3) is 0 Å². The predicted octanol–water partition coefficient (Wildman–Crippen LogP) is 3.80. The molecule has 2 unspecified atom stereocenters. The molecule has 1 saturated heterocycles. The van der Waals surface area contributed by atoms with Gasteiger partial charge < -0.3 is 4.90 Å². The number of nitrogens with one attached hydrogen (secondary N) is 1. The maximum atomic E-state index is 9.35. The van der Waals surface area contributed by atoms with Crippen LogP contribution < -0.4 is 5.32 Å². The lowest BCUT2D eigenvalue weighted by atomic mass is 9.80. The van der Waals surface area contributed by atoms with Gasteiger partial charge in [-0.2, -0.15) is 5.26 Å². The Labute approximate surface area is 132 Å². The van der Waals surface area contributed by atoms with Crippen LogP contribution in [-0.4, -0.2) is 36.1 Å². The Morgan fingerprint density at radius 3 is 2.38 bits per heavy atom. The maximum Gasteiger partial charge on any atom is 0.104 e. The maximum absolute atomic E-state index is 9.35. The van der Waals surface area contributed by atoms with Gasteiger partial charge in [-0.05, 0) is 70.9 Å². The zero-order chi connectivity index (χ0) is 16.1. The average molecular weight is 293 g/mol. The van der Waals surface area contributed by atoms with Crippen molar-refractivity contribution in [3.05, 3.63) is 0 Å². The van der Waals surface area contributed by atoms with Gasteiger partial charge in [0.2, 0.25) is 0 Å². The number of rotatable bonds is 7. The highest BCUT2D eigenvalue weighted by molar-refractivity contribution is 5.04. The molecule has 0 aromatic heterocycles. The van der Waals surface area contributed by atoms with Crippen LogP contribution in [-0.2, 0) is 0 Å². The number of hydrogen-bond acceptors (Lipinski definition) is 3. The van der Waals surface area contributed by atoms with Crippen LogP contribution in [0.15, 0.2) is 0 Å². The summed E-state index contributed by atoms with van der Waals surface area (Å²) < 4.78 is 0. The van der Waals surface area contributed by atoms with Gasteiger partial charge in [-0.15, -0.1) is 0 Å². The standard InChI is InChI=1S/C18H35N3/c1-15(2)20-18(6,14-19)10-7-8-11-21-12-9-16(13-21)17(3,4)5/h15-16,20H,7-13H2,1-6H3. The summed E-state index contributed by atoms with van der Waals surface area (Å²) in [5.74, 6) is 0.837. The van der Waals surface area contributed by atoms with Crippen LogP contribution in [0.3, 0.4) is 0 Å². The first-order valence-corrected chi connectivity index (χ1v) is 8.57. The highest BCUT2D eigenvalue weighted by Crippen LogP contribution is 2.33. The lowest BCUT2D eigenvalue weighted by Gasteiger charge is -2.27. The minimum Gasteiger partial charge on any atom is -0.303 e. The van der Waals surface area contributed by atoms with Gasteiger partial charge in [-0.25, -0.2) is 0 Å². The van der Waals surface area contributed by atoms with Gasteiger partial charge in [0.05, 0.1) is 6.07 Å². The first-order chi connectivity index (χ1) is 9.66. The van der Waals surface area contributed by atoms with Crippen LogP contribution in [0.5, 0.6) is 0 Å². The van der Waals surface area contributed by atoms with E-state index in [4.69, 9.17) is 0 Å². The number of nitrogens with zero attached hydrogens (tertiary/aromatic N) is 2. The van der Waals surface area contributed by atoms with E-state index in [1.165, 1.54) is 32.5 Å². The fourth-order valence-electron chi connectivity index (χ4n) is 3.35. The van der Waals surface area contributed by atoms with Crippen molar-refractivity contribution in [3.8, 4) is 6.07 Å². The number of nitriles is 1. The molecule has 0 radical (unpaired) electrons.